The first-order valence-corrected chi connectivity index (χ1v) is 12.2. The molecule has 3 amide bonds. The van der Waals surface area contributed by atoms with Gasteiger partial charge < -0.3 is 19.9 Å². The lowest BCUT2D eigenvalue weighted by molar-refractivity contribution is -0.129. The number of amides is 3. The van der Waals surface area contributed by atoms with Crippen molar-refractivity contribution in [1.82, 2.24) is 14.7 Å². The molecule has 0 radical (unpaired) electrons. The predicted molar refractivity (Wildman–Crippen MR) is 130 cm³/mol. The van der Waals surface area contributed by atoms with Gasteiger partial charge in [-0.1, -0.05) is 37.6 Å². The minimum atomic E-state index is -0.102. The number of hydrogen-bond acceptors (Lipinski definition) is 4. The third-order valence-corrected chi connectivity index (χ3v) is 8.10. The quantitative estimate of drug-likeness (QED) is 0.639. The Kier molecular flexibility index (Phi) is 6.98. The van der Waals surface area contributed by atoms with E-state index in [-0.39, 0.29) is 11.9 Å². The molecule has 1 N–H and O–H groups in total. The highest BCUT2D eigenvalue weighted by Crippen LogP contribution is 2.59. The Morgan fingerprint density at radius 1 is 1.18 bits per heavy atom. The van der Waals surface area contributed by atoms with Crippen LogP contribution in [0.1, 0.15) is 33.6 Å². The Morgan fingerprint density at radius 3 is 2.55 bits per heavy atom. The molecule has 1 aromatic carbocycles. The minimum absolute atomic E-state index is 0.102. The summed E-state index contributed by atoms with van der Waals surface area (Å²) in [6.45, 7) is 11.7. The second-order valence-corrected chi connectivity index (χ2v) is 10.2. The fraction of sp³-hybridized carbons (Fsp3) is 0.615. The molecule has 1 aliphatic heterocycles. The van der Waals surface area contributed by atoms with E-state index in [1.807, 2.05) is 34.1 Å². The van der Waals surface area contributed by atoms with Gasteiger partial charge >= 0.3 is 6.03 Å². The van der Waals surface area contributed by atoms with Gasteiger partial charge in [-0.05, 0) is 42.2 Å². The molecule has 3 aliphatic carbocycles. The van der Waals surface area contributed by atoms with Crippen LogP contribution in [0, 0.1) is 17.3 Å². The average molecular weight is 455 g/mol. The van der Waals surface area contributed by atoms with E-state index in [0.717, 1.165) is 45.1 Å². The molecular formula is C26H38N4O3. The second kappa shape index (κ2) is 9.75. The molecule has 2 atom stereocenters. The lowest BCUT2D eigenvalue weighted by atomic mass is 9.49. The second-order valence-electron chi connectivity index (χ2n) is 10.2. The van der Waals surface area contributed by atoms with Gasteiger partial charge in [0.25, 0.3) is 0 Å². The van der Waals surface area contributed by atoms with E-state index in [1.165, 1.54) is 12.0 Å². The summed E-state index contributed by atoms with van der Waals surface area (Å²) in [5.41, 5.74) is 2.52. The van der Waals surface area contributed by atoms with Crippen molar-refractivity contribution in [3.05, 3.63) is 35.9 Å². The van der Waals surface area contributed by atoms with E-state index in [2.05, 4.69) is 30.1 Å². The van der Waals surface area contributed by atoms with Gasteiger partial charge in [0.2, 0.25) is 5.91 Å². The number of fused-ring (bicyclic) bond motifs is 1. The first kappa shape index (κ1) is 23.6. The number of para-hydroxylation sites is 2. The van der Waals surface area contributed by atoms with E-state index in [9.17, 15) is 9.59 Å². The Hall–Kier alpha value is -2.54. The molecule has 7 heteroatoms. The van der Waals surface area contributed by atoms with Gasteiger partial charge in [-0.2, -0.15) is 0 Å². The molecule has 4 aliphatic rings. The van der Waals surface area contributed by atoms with Crippen molar-refractivity contribution >= 4 is 17.6 Å². The molecule has 1 saturated heterocycles. The van der Waals surface area contributed by atoms with Crippen molar-refractivity contribution in [2.45, 2.75) is 33.6 Å². The summed E-state index contributed by atoms with van der Waals surface area (Å²) in [6, 6.07) is 7.34. The molecule has 0 aromatic heterocycles. The molecule has 5 rings (SSSR count). The average Bonchev–Trinajstić information content (AvgIpc) is 2.82. The summed E-state index contributed by atoms with van der Waals surface area (Å²) in [7, 11) is 1.60. The Balaban J connectivity index is 1.24. The number of nitrogens with one attached hydrogen (secondary N) is 1. The van der Waals surface area contributed by atoms with Crippen molar-refractivity contribution in [1.29, 1.82) is 0 Å². The highest BCUT2D eigenvalue weighted by atomic mass is 16.5. The molecule has 1 saturated carbocycles. The Morgan fingerprint density at radius 2 is 1.91 bits per heavy atom. The maximum Gasteiger partial charge on any atom is 0.322 e. The number of anilines is 1. The molecule has 1 aromatic rings. The first-order valence-electron chi connectivity index (χ1n) is 12.2. The zero-order valence-corrected chi connectivity index (χ0v) is 20.5. The van der Waals surface area contributed by atoms with Gasteiger partial charge in [0.05, 0.1) is 12.8 Å². The maximum atomic E-state index is 12.7. The van der Waals surface area contributed by atoms with Crippen molar-refractivity contribution in [3.8, 4) is 5.75 Å². The number of ether oxygens (including phenoxy) is 1. The Bertz CT molecular complexity index is 905. The standard InChI is InChI=1S/C26H38N4O3/c1-19(31)30(18-20-9-10-21-17-22(20)26(21,2)3)16-13-28-11-14-29(15-12-28)25(32)27-23-7-5-6-8-24(23)33-4/h5-9,21-22H,10-18H2,1-4H3,(H,27,32). The number of allylic oxidation sites excluding steroid dienone is 1. The van der Waals surface area contributed by atoms with E-state index in [4.69, 9.17) is 4.74 Å². The van der Waals surface area contributed by atoms with Crippen molar-refractivity contribution in [3.63, 3.8) is 0 Å². The molecule has 2 bridgehead atoms. The van der Waals surface area contributed by atoms with Gasteiger partial charge in [0.15, 0.2) is 0 Å². The van der Waals surface area contributed by atoms with Crippen molar-refractivity contribution < 1.29 is 14.3 Å². The SMILES string of the molecule is COc1ccccc1NC(=O)N1CCN(CCN(CC2=CCC3CC2C3(C)C)C(C)=O)CC1. The van der Waals surface area contributed by atoms with Crippen LogP contribution in [0.2, 0.25) is 0 Å². The summed E-state index contributed by atoms with van der Waals surface area (Å²) in [4.78, 5) is 31.2. The van der Waals surface area contributed by atoms with Crippen LogP contribution in [0.3, 0.4) is 0 Å². The molecule has 1 heterocycles. The van der Waals surface area contributed by atoms with E-state index >= 15 is 0 Å². The van der Waals surface area contributed by atoms with E-state index in [0.29, 0.717) is 35.9 Å². The summed E-state index contributed by atoms with van der Waals surface area (Å²) >= 11 is 0. The molecule has 2 fully saturated rings. The number of hydrogen-bond donors (Lipinski definition) is 1. The van der Waals surface area contributed by atoms with Crippen LogP contribution in [0.4, 0.5) is 10.5 Å². The van der Waals surface area contributed by atoms with Gasteiger partial charge in [-0.3, -0.25) is 9.69 Å². The molecule has 2 unspecified atom stereocenters. The number of carbonyl (C=O) groups is 2. The smallest absolute Gasteiger partial charge is 0.322 e. The summed E-state index contributed by atoms with van der Waals surface area (Å²) < 4.78 is 5.32. The molecule has 7 nitrogen and oxygen atoms in total. The van der Waals surface area contributed by atoms with Crippen LogP contribution in [-0.4, -0.2) is 79.6 Å². The monoisotopic (exact) mass is 454 g/mol. The van der Waals surface area contributed by atoms with Crippen LogP contribution in [0.15, 0.2) is 35.9 Å². The lowest BCUT2D eigenvalue weighted by Gasteiger charge is -2.57. The van der Waals surface area contributed by atoms with E-state index < -0.39 is 0 Å². The number of piperazine rings is 1. The fourth-order valence-electron chi connectivity index (χ4n) is 5.60. The van der Waals surface area contributed by atoms with Crippen LogP contribution < -0.4 is 10.1 Å². The van der Waals surface area contributed by atoms with Crippen LogP contribution in [0.5, 0.6) is 5.75 Å². The molecular weight excluding hydrogens is 416 g/mol. The highest BCUT2D eigenvalue weighted by Gasteiger charge is 2.51. The third kappa shape index (κ3) is 5.03. The zero-order chi connectivity index (χ0) is 23.6. The summed E-state index contributed by atoms with van der Waals surface area (Å²) in [6.07, 6.45) is 4.83. The number of methoxy groups -OCH3 is 1. The van der Waals surface area contributed by atoms with Gasteiger partial charge in [-0.25, -0.2) is 4.79 Å². The first-order chi connectivity index (χ1) is 15.8. The third-order valence-electron chi connectivity index (χ3n) is 8.10. The summed E-state index contributed by atoms with van der Waals surface area (Å²) in [5.74, 6) is 2.24. The highest BCUT2D eigenvalue weighted by molar-refractivity contribution is 5.91. The molecule has 0 spiro atoms. The molecule has 180 valence electrons. The van der Waals surface area contributed by atoms with Crippen molar-refractivity contribution in [2.24, 2.45) is 17.3 Å². The topological polar surface area (TPSA) is 65.1 Å². The number of benzene rings is 1. The largest absolute Gasteiger partial charge is 0.495 e. The number of nitrogens with zero attached hydrogens (tertiary/aromatic N) is 3. The zero-order valence-electron chi connectivity index (χ0n) is 20.5. The van der Waals surface area contributed by atoms with Crippen LogP contribution in [0.25, 0.3) is 0 Å². The number of urea groups is 1. The molecule has 33 heavy (non-hydrogen) atoms. The van der Waals surface area contributed by atoms with Crippen LogP contribution in [-0.2, 0) is 4.79 Å². The lowest BCUT2D eigenvalue weighted by Crippen LogP contribution is -2.52. The minimum Gasteiger partial charge on any atom is -0.495 e. The summed E-state index contributed by atoms with van der Waals surface area (Å²) in [5, 5.41) is 2.96. The predicted octanol–water partition coefficient (Wildman–Crippen LogP) is 3.69. The number of carbonyl (C=O) groups excluding carboxylic acids is 2. The van der Waals surface area contributed by atoms with Crippen LogP contribution >= 0.6 is 0 Å². The van der Waals surface area contributed by atoms with Gasteiger partial charge in [0, 0.05) is 52.7 Å². The van der Waals surface area contributed by atoms with Gasteiger partial charge in [0.1, 0.15) is 5.75 Å². The normalized spacial score (nSPS) is 23.9. The van der Waals surface area contributed by atoms with Crippen molar-refractivity contribution in [2.75, 3.05) is 58.2 Å². The Labute approximate surface area is 197 Å². The van der Waals surface area contributed by atoms with E-state index in [1.54, 1.807) is 14.0 Å². The fourth-order valence-corrected chi connectivity index (χ4v) is 5.60. The van der Waals surface area contributed by atoms with Gasteiger partial charge in [-0.15, -0.1) is 0 Å². The maximum absolute atomic E-state index is 12.7. The number of rotatable bonds is 7.